The summed E-state index contributed by atoms with van der Waals surface area (Å²) >= 11 is 0. The van der Waals surface area contributed by atoms with Gasteiger partial charge in [-0.2, -0.15) is 0 Å². The molecule has 0 aromatic heterocycles. The molecule has 2 rings (SSSR count). The Morgan fingerprint density at radius 1 is 1.05 bits per heavy atom. The van der Waals surface area contributed by atoms with Crippen LogP contribution in [0, 0.1) is 5.82 Å². The molecule has 106 valence electrons. The molecule has 0 radical (unpaired) electrons. The summed E-state index contributed by atoms with van der Waals surface area (Å²) in [6.45, 7) is 2.39. The minimum Gasteiger partial charge on any atom is -0.507 e. The molecule has 2 aromatic rings. The van der Waals surface area contributed by atoms with Crippen molar-refractivity contribution >= 4 is 0 Å². The number of halogens is 1. The van der Waals surface area contributed by atoms with Crippen molar-refractivity contribution in [2.24, 2.45) is 0 Å². The number of hydrogen-bond donors (Lipinski definition) is 3. The molecule has 0 saturated heterocycles. The van der Waals surface area contributed by atoms with E-state index in [0.29, 0.717) is 24.1 Å². The van der Waals surface area contributed by atoms with E-state index >= 15 is 0 Å². The molecule has 20 heavy (non-hydrogen) atoms. The molecule has 0 aliphatic heterocycles. The summed E-state index contributed by atoms with van der Waals surface area (Å²) in [6.07, 6.45) is 0.547. The van der Waals surface area contributed by atoms with Gasteiger partial charge in [-0.05, 0) is 43.7 Å². The average Bonchev–Trinajstić information content (AvgIpc) is 2.41. The molecule has 0 amide bonds. The number of benzene rings is 2. The number of phenolic OH excluding ortho intramolecular Hbond substituents is 2. The Labute approximate surface area is 117 Å². The maximum absolute atomic E-state index is 13.5. The fourth-order valence-corrected chi connectivity index (χ4v) is 2.21. The van der Waals surface area contributed by atoms with Gasteiger partial charge in [0.25, 0.3) is 0 Å². The number of hydrogen-bond acceptors (Lipinski definition) is 3. The summed E-state index contributed by atoms with van der Waals surface area (Å²) in [4.78, 5) is 0. The molecule has 3 N–H and O–H groups in total. The Kier molecular flexibility index (Phi) is 4.58. The number of nitrogens with one attached hydrogen (secondary N) is 1. The first-order valence-electron chi connectivity index (χ1n) is 6.57. The van der Waals surface area contributed by atoms with Gasteiger partial charge in [0.1, 0.15) is 17.3 Å². The zero-order valence-corrected chi connectivity index (χ0v) is 11.3. The van der Waals surface area contributed by atoms with Crippen molar-refractivity contribution in [2.75, 3.05) is 6.54 Å². The van der Waals surface area contributed by atoms with E-state index in [9.17, 15) is 14.6 Å². The zero-order chi connectivity index (χ0) is 14.5. The standard InChI is InChI=1S/C16H18FNO2/c1-11(16-14(19)7-4-8-15(16)20)18-10-9-12-5-2-3-6-13(12)17/h2-8,11,18-20H,9-10H2,1H3. The number of aromatic hydroxyl groups is 2. The second kappa shape index (κ2) is 6.39. The minimum atomic E-state index is -0.219. The molecule has 0 spiro atoms. The van der Waals surface area contributed by atoms with E-state index in [1.807, 2.05) is 6.92 Å². The smallest absolute Gasteiger partial charge is 0.126 e. The predicted molar refractivity (Wildman–Crippen MR) is 76.3 cm³/mol. The van der Waals surface area contributed by atoms with Crippen LogP contribution in [0.15, 0.2) is 42.5 Å². The van der Waals surface area contributed by atoms with Crippen molar-refractivity contribution in [3.63, 3.8) is 0 Å². The summed E-state index contributed by atoms with van der Waals surface area (Å²) in [5.74, 6) is -0.112. The molecular weight excluding hydrogens is 257 g/mol. The van der Waals surface area contributed by atoms with Crippen LogP contribution in [0.3, 0.4) is 0 Å². The van der Waals surface area contributed by atoms with Gasteiger partial charge in [0.2, 0.25) is 0 Å². The summed E-state index contributed by atoms with van der Waals surface area (Å²) in [5, 5.41) is 22.7. The second-order valence-electron chi connectivity index (χ2n) is 4.73. The largest absolute Gasteiger partial charge is 0.507 e. The normalized spacial score (nSPS) is 12.3. The van der Waals surface area contributed by atoms with Crippen LogP contribution in [-0.2, 0) is 6.42 Å². The van der Waals surface area contributed by atoms with E-state index in [4.69, 9.17) is 0 Å². The lowest BCUT2D eigenvalue weighted by molar-refractivity contribution is 0.419. The topological polar surface area (TPSA) is 52.5 Å². The Balaban J connectivity index is 1.96. The molecule has 0 aliphatic carbocycles. The van der Waals surface area contributed by atoms with Gasteiger partial charge >= 0.3 is 0 Å². The van der Waals surface area contributed by atoms with Crippen molar-refractivity contribution < 1.29 is 14.6 Å². The highest BCUT2D eigenvalue weighted by Crippen LogP contribution is 2.31. The van der Waals surface area contributed by atoms with Crippen molar-refractivity contribution in [1.29, 1.82) is 0 Å². The van der Waals surface area contributed by atoms with E-state index in [2.05, 4.69) is 5.32 Å². The average molecular weight is 275 g/mol. The van der Waals surface area contributed by atoms with E-state index in [0.717, 1.165) is 0 Å². The van der Waals surface area contributed by atoms with Crippen molar-refractivity contribution in [3.05, 3.63) is 59.4 Å². The van der Waals surface area contributed by atoms with Crippen molar-refractivity contribution in [1.82, 2.24) is 5.32 Å². The molecule has 0 fully saturated rings. The summed E-state index contributed by atoms with van der Waals surface area (Å²) < 4.78 is 13.5. The van der Waals surface area contributed by atoms with Crippen LogP contribution in [0.2, 0.25) is 0 Å². The Morgan fingerprint density at radius 3 is 2.35 bits per heavy atom. The lowest BCUT2D eigenvalue weighted by Gasteiger charge is -2.17. The fourth-order valence-electron chi connectivity index (χ4n) is 2.21. The zero-order valence-electron chi connectivity index (χ0n) is 11.3. The molecule has 0 bridgehead atoms. The van der Waals surface area contributed by atoms with Crippen molar-refractivity contribution in [2.45, 2.75) is 19.4 Å². The van der Waals surface area contributed by atoms with Crippen LogP contribution in [0.1, 0.15) is 24.1 Å². The number of rotatable bonds is 5. The van der Waals surface area contributed by atoms with Crippen LogP contribution < -0.4 is 5.32 Å². The van der Waals surface area contributed by atoms with Crippen LogP contribution in [-0.4, -0.2) is 16.8 Å². The maximum Gasteiger partial charge on any atom is 0.126 e. The molecule has 2 aromatic carbocycles. The van der Waals surface area contributed by atoms with E-state index in [1.54, 1.807) is 24.3 Å². The van der Waals surface area contributed by atoms with Gasteiger partial charge in [-0.1, -0.05) is 24.3 Å². The van der Waals surface area contributed by atoms with Crippen LogP contribution in [0.25, 0.3) is 0 Å². The van der Waals surface area contributed by atoms with E-state index < -0.39 is 0 Å². The highest BCUT2D eigenvalue weighted by molar-refractivity contribution is 5.44. The quantitative estimate of drug-likeness (QED) is 0.785. The molecule has 1 unspecified atom stereocenters. The second-order valence-corrected chi connectivity index (χ2v) is 4.73. The molecule has 3 nitrogen and oxygen atoms in total. The van der Waals surface area contributed by atoms with Gasteiger partial charge in [0, 0.05) is 6.04 Å². The van der Waals surface area contributed by atoms with Crippen LogP contribution >= 0.6 is 0 Å². The monoisotopic (exact) mass is 275 g/mol. The van der Waals surface area contributed by atoms with Crippen molar-refractivity contribution in [3.8, 4) is 11.5 Å². The predicted octanol–water partition coefficient (Wildman–Crippen LogP) is 3.13. The highest BCUT2D eigenvalue weighted by Gasteiger charge is 2.14. The number of phenols is 2. The Morgan fingerprint density at radius 2 is 1.70 bits per heavy atom. The van der Waals surface area contributed by atoms with Crippen LogP contribution in [0.4, 0.5) is 4.39 Å². The molecule has 0 saturated carbocycles. The van der Waals surface area contributed by atoms with Crippen LogP contribution in [0.5, 0.6) is 11.5 Å². The molecule has 4 heteroatoms. The Bertz CT molecular complexity index is 566. The first-order chi connectivity index (χ1) is 9.59. The molecule has 0 aliphatic rings. The molecule has 0 heterocycles. The summed E-state index contributed by atoms with van der Waals surface area (Å²) in [7, 11) is 0. The van der Waals surface area contributed by atoms with Gasteiger partial charge in [0.15, 0.2) is 0 Å². The SMILES string of the molecule is CC(NCCc1ccccc1F)c1c(O)cccc1O. The van der Waals surface area contributed by atoms with Gasteiger partial charge in [0.05, 0.1) is 5.56 Å². The van der Waals surface area contributed by atoms with Gasteiger partial charge < -0.3 is 15.5 Å². The maximum atomic E-state index is 13.5. The lowest BCUT2D eigenvalue weighted by Crippen LogP contribution is -2.21. The van der Waals surface area contributed by atoms with Gasteiger partial charge in [-0.3, -0.25) is 0 Å². The molecule has 1 atom stereocenters. The fraction of sp³-hybridized carbons (Fsp3) is 0.250. The lowest BCUT2D eigenvalue weighted by atomic mass is 10.1. The first-order valence-corrected chi connectivity index (χ1v) is 6.57. The summed E-state index contributed by atoms with van der Waals surface area (Å²) in [5.41, 5.74) is 1.11. The third-order valence-electron chi connectivity index (χ3n) is 3.30. The first kappa shape index (κ1) is 14.3. The Hall–Kier alpha value is -2.07. The third kappa shape index (κ3) is 3.27. The van der Waals surface area contributed by atoms with Gasteiger partial charge in [-0.15, -0.1) is 0 Å². The highest BCUT2D eigenvalue weighted by atomic mass is 19.1. The van der Waals surface area contributed by atoms with E-state index in [1.165, 1.54) is 18.2 Å². The minimum absolute atomic E-state index is 0.0518. The van der Waals surface area contributed by atoms with E-state index in [-0.39, 0.29) is 23.4 Å². The summed E-state index contributed by atoms with van der Waals surface area (Å²) in [6, 6.07) is 11.1. The molecular formula is C16H18FNO2. The third-order valence-corrected chi connectivity index (χ3v) is 3.30. The van der Waals surface area contributed by atoms with Gasteiger partial charge in [-0.25, -0.2) is 4.39 Å².